The highest BCUT2D eigenvalue weighted by atomic mass is 16.5. The Morgan fingerprint density at radius 2 is 2.04 bits per heavy atom. The summed E-state index contributed by atoms with van der Waals surface area (Å²) in [7, 11) is 1.64. The van der Waals surface area contributed by atoms with Gasteiger partial charge >= 0.3 is 5.97 Å². The van der Waals surface area contributed by atoms with Crippen molar-refractivity contribution in [2.45, 2.75) is 46.8 Å². The molecule has 28 heavy (non-hydrogen) atoms. The molecule has 0 unspecified atom stereocenters. The fraction of sp³-hybridized carbons (Fsp3) is 0.429. The summed E-state index contributed by atoms with van der Waals surface area (Å²) in [6.07, 6.45) is 6.31. The van der Waals surface area contributed by atoms with Crippen LogP contribution in [-0.4, -0.2) is 39.4 Å². The Morgan fingerprint density at radius 3 is 2.71 bits per heavy atom. The van der Waals surface area contributed by atoms with E-state index in [2.05, 4.69) is 16.1 Å². The van der Waals surface area contributed by atoms with Crippen LogP contribution in [0.4, 0.5) is 0 Å². The molecule has 0 saturated heterocycles. The van der Waals surface area contributed by atoms with E-state index in [1.54, 1.807) is 7.11 Å². The Labute approximate surface area is 164 Å². The zero-order chi connectivity index (χ0) is 20.1. The third-order valence-corrected chi connectivity index (χ3v) is 4.60. The van der Waals surface area contributed by atoms with Gasteiger partial charge in [-0.2, -0.15) is 5.10 Å². The van der Waals surface area contributed by atoms with Gasteiger partial charge in [-0.3, -0.25) is 9.78 Å². The van der Waals surface area contributed by atoms with E-state index in [1.807, 2.05) is 44.0 Å². The number of aromatic nitrogens is 4. The van der Waals surface area contributed by atoms with Gasteiger partial charge in [0, 0.05) is 49.0 Å². The second-order valence-corrected chi connectivity index (χ2v) is 6.60. The van der Waals surface area contributed by atoms with Crippen LogP contribution in [0.3, 0.4) is 0 Å². The number of carbonyl (C=O) groups excluding carboxylic acids is 1. The fourth-order valence-corrected chi connectivity index (χ4v) is 3.41. The van der Waals surface area contributed by atoms with E-state index in [4.69, 9.17) is 14.5 Å². The van der Waals surface area contributed by atoms with E-state index in [9.17, 15) is 4.79 Å². The molecule has 0 aromatic carbocycles. The van der Waals surface area contributed by atoms with Crippen molar-refractivity contribution in [3.05, 3.63) is 41.5 Å². The maximum Gasteiger partial charge on any atom is 0.306 e. The highest BCUT2D eigenvalue weighted by Gasteiger charge is 2.20. The molecule has 3 aromatic heterocycles. The fourth-order valence-electron chi connectivity index (χ4n) is 3.41. The molecule has 3 aromatic rings. The first-order valence-electron chi connectivity index (χ1n) is 9.52. The van der Waals surface area contributed by atoms with Crippen LogP contribution in [0.25, 0.3) is 22.2 Å². The monoisotopic (exact) mass is 382 g/mol. The highest BCUT2D eigenvalue weighted by Crippen LogP contribution is 2.34. The number of fused-ring (bicyclic) bond motifs is 1. The van der Waals surface area contributed by atoms with Gasteiger partial charge in [0.15, 0.2) is 5.65 Å². The van der Waals surface area contributed by atoms with Crippen LogP contribution >= 0.6 is 0 Å². The normalized spacial score (nSPS) is 11.1. The number of methoxy groups -OCH3 is 1. The smallest absolute Gasteiger partial charge is 0.306 e. The van der Waals surface area contributed by atoms with Crippen molar-refractivity contribution >= 4 is 17.0 Å². The summed E-state index contributed by atoms with van der Waals surface area (Å²) >= 11 is 0. The van der Waals surface area contributed by atoms with E-state index in [0.29, 0.717) is 19.6 Å². The van der Waals surface area contributed by atoms with Crippen LogP contribution in [0, 0.1) is 6.92 Å². The number of pyridine rings is 2. The number of ether oxygens (including phenoxy) is 2. The summed E-state index contributed by atoms with van der Waals surface area (Å²) in [5.41, 5.74) is 5.66. The van der Waals surface area contributed by atoms with Gasteiger partial charge in [0.1, 0.15) is 0 Å². The van der Waals surface area contributed by atoms with Crippen LogP contribution < -0.4 is 0 Å². The third kappa shape index (κ3) is 4.04. The molecule has 3 rings (SSSR count). The molecule has 3 heterocycles. The second kappa shape index (κ2) is 8.93. The van der Waals surface area contributed by atoms with Gasteiger partial charge in [-0.05, 0) is 44.4 Å². The lowest BCUT2D eigenvalue weighted by Gasteiger charge is -2.16. The van der Waals surface area contributed by atoms with E-state index < -0.39 is 0 Å². The van der Waals surface area contributed by atoms with Crippen LogP contribution in [0.15, 0.2) is 24.7 Å². The third-order valence-electron chi connectivity index (χ3n) is 4.60. The molecule has 0 aliphatic heterocycles. The van der Waals surface area contributed by atoms with Crippen molar-refractivity contribution in [2.75, 3.05) is 13.7 Å². The molecule has 7 heteroatoms. The summed E-state index contributed by atoms with van der Waals surface area (Å²) in [5.74, 6) is -0.219. The Kier molecular flexibility index (Phi) is 6.36. The number of rotatable bonds is 8. The van der Waals surface area contributed by atoms with Crippen LogP contribution in [-0.2, 0) is 33.8 Å². The lowest BCUT2D eigenvalue weighted by molar-refractivity contribution is -0.143. The SMILES string of the molecule is CCOC(=O)CCc1c(COC)nc2c(cnn2CC)c1-c1cncc(C)c1. The van der Waals surface area contributed by atoms with Crippen molar-refractivity contribution in [3.8, 4) is 11.1 Å². The molecule has 0 radical (unpaired) electrons. The largest absolute Gasteiger partial charge is 0.466 e. The highest BCUT2D eigenvalue weighted by molar-refractivity contribution is 5.95. The van der Waals surface area contributed by atoms with Crippen molar-refractivity contribution in [3.63, 3.8) is 0 Å². The minimum absolute atomic E-state index is 0.219. The molecule has 0 fully saturated rings. The van der Waals surface area contributed by atoms with E-state index in [0.717, 1.165) is 45.5 Å². The van der Waals surface area contributed by atoms with Gasteiger partial charge in [-0.15, -0.1) is 0 Å². The molecule has 148 valence electrons. The first kappa shape index (κ1) is 19.9. The topological polar surface area (TPSA) is 79.1 Å². The molecule has 0 atom stereocenters. The van der Waals surface area contributed by atoms with Gasteiger partial charge in [0.05, 0.1) is 25.1 Å². The molecule has 0 N–H and O–H groups in total. The average molecular weight is 382 g/mol. The average Bonchev–Trinajstić information content (AvgIpc) is 3.08. The quantitative estimate of drug-likeness (QED) is 0.555. The number of hydrogen-bond donors (Lipinski definition) is 0. The Bertz CT molecular complexity index is 981. The van der Waals surface area contributed by atoms with Gasteiger partial charge in [-0.25, -0.2) is 9.67 Å². The minimum Gasteiger partial charge on any atom is -0.466 e. The predicted molar refractivity (Wildman–Crippen MR) is 107 cm³/mol. The maximum absolute atomic E-state index is 12.0. The van der Waals surface area contributed by atoms with Gasteiger partial charge in [0.25, 0.3) is 0 Å². The minimum atomic E-state index is -0.219. The van der Waals surface area contributed by atoms with E-state index in [-0.39, 0.29) is 12.4 Å². The summed E-state index contributed by atoms with van der Waals surface area (Å²) in [5, 5.41) is 5.44. The van der Waals surface area contributed by atoms with Gasteiger partial charge in [0.2, 0.25) is 0 Å². The van der Waals surface area contributed by atoms with Crippen molar-refractivity contribution in [1.29, 1.82) is 0 Å². The van der Waals surface area contributed by atoms with Gasteiger partial charge < -0.3 is 9.47 Å². The molecule has 7 nitrogen and oxygen atoms in total. The number of aryl methyl sites for hydroxylation is 2. The Balaban J connectivity index is 2.22. The molecule has 0 aliphatic rings. The number of esters is 1. The van der Waals surface area contributed by atoms with Gasteiger partial charge in [-0.1, -0.05) is 0 Å². The van der Waals surface area contributed by atoms with Crippen LogP contribution in [0.5, 0.6) is 0 Å². The molecule has 0 amide bonds. The molecule has 0 spiro atoms. The van der Waals surface area contributed by atoms with E-state index >= 15 is 0 Å². The first-order valence-corrected chi connectivity index (χ1v) is 9.52. The summed E-state index contributed by atoms with van der Waals surface area (Å²) in [6.45, 7) is 7.31. The maximum atomic E-state index is 12.0. The summed E-state index contributed by atoms with van der Waals surface area (Å²) in [6, 6.07) is 2.09. The zero-order valence-electron chi connectivity index (χ0n) is 16.9. The van der Waals surface area contributed by atoms with Crippen molar-refractivity contribution < 1.29 is 14.3 Å². The Hall–Kier alpha value is -2.80. The zero-order valence-corrected chi connectivity index (χ0v) is 16.9. The van der Waals surface area contributed by atoms with E-state index in [1.165, 1.54) is 0 Å². The predicted octanol–water partition coefficient (Wildman–Crippen LogP) is 3.46. The van der Waals surface area contributed by atoms with Crippen molar-refractivity contribution in [2.24, 2.45) is 0 Å². The number of carbonyl (C=O) groups is 1. The van der Waals surface area contributed by atoms with Crippen molar-refractivity contribution in [1.82, 2.24) is 19.7 Å². The summed E-state index contributed by atoms with van der Waals surface area (Å²) in [4.78, 5) is 21.2. The summed E-state index contributed by atoms with van der Waals surface area (Å²) < 4.78 is 12.4. The second-order valence-electron chi connectivity index (χ2n) is 6.60. The Morgan fingerprint density at radius 1 is 1.21 bits per heavy atom. The standard InChI is InChI=1S/C21H26N4O3/c1-5-25-21-17(12-23-25)20(15-9-14(3)10-22-11-15)16(18(24-21)13-27-4)7-8-19(26)28-6-2/h9-12H,5-8,13H2,1-4H3. The molecule has 0 aliphatic carbocycles. The molecular weight excluding hydrogens is 356 g/mol. The number of hydrogen-bond acceptors (Lipinski definition) is 6. The molecule has 0 saturated carbocycles. The lowest BCUT2D eigenvalue weighted by atomic mass is 9.93. The molecule has 0 bridgehead atoms. The first-order chi connectivity index (χ1) is 13.6. The lowest BCUT2D eigenvalue weighted by Crippen LogP contribution is -2.10. The van der Waals surface area contributed by atoms with Crippen LogP contribution in [0.2, 0.25) is 0 Å². The molecular formula is C21H26N4O3. The van der Waals surface area contributed by atoms with Crippen LogP contribution in [0.1, 0.15) is 37.1 Å². The number of nitrogens with zero attached hydrogens (tertiary/aromatic N) is 4.